The number of benzene rings is 2. The van der Waals surface area contributed by atoms with Crippen molar-refractivity contribution in [3.8, 4) is 17.6 Å². The number of ether oxygens (including phenoxy) is 1. The first kappa shape index (κ1) is 32.6. The van der Waals surface area contributed by atoms with E-state index in [9.17, 15) is 14.0 Å². The van der Waals surface area contributed by atoms with Crippen molar-refractivity contribution in [3.63, 3.8) is 0 Å². The Balaban J connectivity index is 1.60. The van der Waals surface area contributed by atoms with Crippen molar-refractivity contribution >= 4 is 35.0 Å². The van der Waals surface area contributed by atoms with Crippen molar-refractivity contribution in [1.29, 1.82) is 0 Å². The lowest BCUT2D eigenvalue weighted by Crippen LogP contribution is -2.45. The maximum atomic E-state index is 13.6. The second-order valence-electron chi connectivity index (χ2n) is 9.93. The fraction of sp³-hybridized carbons (Fsp3) is 0.312. The minimum atomic E-state index is -0.606. The van der Waals surface area contributed by atoms with Crippen LogP contribution in [0.1, 0.15) is 25.3 Å². The number of unbranched alkanes of at least 4 members (excludes halogenated alkanes) is 1. The topological polar surface area (TPSA) is 112 Å². The number of anilines is 4. The summed E-state index contributed by atoms with van der Waals surface area (Å²) in [6.07, 6.45) is 5.97. The molecule has 11 heteroatoms. The van der Waals surface area contributed by atoms with E-state index in [2.05, 4.69) is 37.8 Å². The standard InChI is InChI=1S/C32H38FN7O3/c1-23(40(4)29(41)14-10-20-39(2)3)31(42)34-19-8-6-7-11-24-22-35-32(37-27-13-9-12-25(33)21-27)38-30(24)36-26-15-17-28(43-5)18-16-26/h9-10,12-18,21-23H,6,8,19-20H2,1-5H3,(H,34,42)(H2,35,36,37,38). The number of hydrogen-bond acceptors (Lipinski definition) is 8. The third-order valence-electron chi connectivity index (χ3n) is 6.26. The first-order chi connectivity index (χ1) is 20.7. The van der Waals surface area contributed by atoms with E-state index in [4.69, 9.17) is 4.74 Å². The van der Waals surface area contributed by atoms with Gasteiger partial charge < -0.3 is 30.5 Å². The molecule has 2 amide bonds. The molecule has 1 aromatic heterocycles. The number of aromatic nitrogens is 2. The molecule has 10 nitrogen and oxygen atoms in total. The Kier molecular flexibility index (Phi) is 12.5. The van der Waals surface area contributed by atoms with Crippen molar-refractivity contribution in [2.24, 2.45) is 0 Å². The maximum Gasteiger partial charge on any atom is 0.246 e. The van der Waals surface area contributed by atoms with Gasteiger partial charge in [0.25, 0.3) is 0 Å². The summed E-state index contributed by atoms with van der Waals surface area (Å²) in [4.78, 5) is 37.1. The minimum Gasteiger partial charge on any atom is -0.497 e. The molecule has 0 spiro atoms. The fourth-order valence-electron chi connectivity index (χ4n) is 3.68. The van der Waals surface area contributed by atoms with Gasteiger partial charge in [0.1, 0.15) is 17.6 Å². The predicted octanol–water partition coefficient (Wildman–Crippen LogP) is 4.32. The zero-order chi connectivity index (χ0) is 31.2. The highest BCUT2D eigenvalue weighted by molar-refractivity contribution is 5.92. The number of nitrogens with one attached hydrogen (secondary N) is 3. The summed E-state index contributed by atoms with van der Waals surface area (Å²) in [5.74, 6) is 6.85. The average molecular weight is 588 g/mol. The first-order valence-electron chi connectivity index (χ1n) is 13.8. The van der Waals surface area contributed by atoms with Gasteiger partial charge in [-0.3, -0.25) is 9.59 Å². The summed E-state index contributed by atoms with van der Waals surface area (Å²) >= 11 is 0. The molecule has 3 rings (SSSR count). The third kappa shape index (κ3) is 10.8. The van der Waals surface area contributed by atoms with Crippen LogP contribution in [-0.4, -0.2) is 79.0 Å². The van der Waals surface area contributed by atoms with Crippen molar-refractivity contribution < 1.29 is 18.7 Å². The lowest BCUT2D eigenvalue weighted by atomic mass is 10.2. The molecule has 1 unspecified atom stereocenters. The first-order valence-corrected chi connectivity index (χ1v) is 13.8. The molecule has 2 aromatic carbocycles. The zero-order valence-corrected chi connectivity index (χ0v) is 25.1. The molecule has 3 N–H and O–H groups in total. The van der Waals surface area contributed by atoms with Crippen LogP contribution < -0.4 is 20.7 Å². The number of likely N-dealkylation sites (N-methyl/N-ethyl adjacent to an activating group) is 2. The van der Waals surface area contributed by atoms with Crippen LogP contribution in [0.2, 0.25) is 0 Å². The molecule has 43 heavy (non-hydrogen) atoms. The van der Waals surface area contributed by atoms with Gasteiger partial charge in [-0.25, -0.2) is 9.37 Å². The van der Waals surface area contributed by atoms with Crippen molar-refractivity contribution in [1.82, 2.24) is 25.1 Å². The summed E-state index contributed by atoms with van der Waals surface area (Å²) in [6.45, 7) is 2.75. The van der Waals surface area contributed by atoms with Crippen LogP contribution in [0, 0.1) is 17.7 Å². The summed E-state index contributed by atoms with van der Waals surface area (Å²) in [7, 11) is 7.03. The predicted molar refractivity (Wildman–Crippen MR) is 167 cm³/mol. The monoisotopic (exact) mass is 587 g/mol. The average Bonchev–Trinajstić information content (AvgIpc) is 2.99. The molecule has 0 aliphatic carbocycles. The fourth-order valence-corrected chi connectivity index (χ4v) is 3.68. The largest absolute Gasteiger partial charge is 0.497 e. The van der Waals surface area contributed by atoms with Crippen LogP contribution in [0.5, 0.6) is 5.75 Å². The Hall–Kier alpha value is -4.95. The number of carbonyl (C=O) groups excluding carboxylic acids is 2. The highest BCUT2D eigenvalue weighted by Crippen LogP contribution is 2.23. The Morgan fingerprint density at radius 3 is 2.56 bits per heavy atom. The van der Waals surface area contributed by atoms with Crippen molar-refractivity contribution in [2.45, 2.75) is 25.8 Å². The van der Waals surface area contributed by atoms with E-state index in [-0.39, 0.29) is 23.6 Å². The van der Waals surface area contributed by atoms with E-state index in [1.165, 1.54) is 23.1 Å². The van der Waals surface area contributed by atoms with Crippen LogP contribution in [0.4, 0.5) is 27.5 Å². The van der Waals surface area contributed by atoms with Gasteiger partial charge in [-0.2, -0.15) is 4.98 Å². The quantitative estimate of drug-likeness (QED) is 0.154. The van der Waals surface area contributed by atoms with E-state index >= 15 is 0 Å². The highest BCUT2D eigenvalue weighted by Gasteiger charge is 2.20. The Labute approximate surface area is 252 Å². The van der Waals surface area contributed by atoms with Gasteiger partial charge in [0, 0.05) is 44.0 Å². The van der Waals surface area contributed by atoms with Crippen LogP contribution in [0.15, 0.2) is 66.9 Å². The molecule has 0 aliphatic heterocycles. The molecule has 0 saturated carbocycles. The van der Waals surface area contributed by atoms with E-state index in [0.717, 1.165) is 11.4 Å². The molecule has 0 aliphatic rings. The normalized spacial score (nSPS) is 11.4. The molecule has 1 heterocycles. The Morgan fingerprint density at radius 2 is 1.86 bits per heavy atom. The van der Waals surface area contributed by atoms with Gasteiger partial charge in [-0.15, -0.1) is 0 Å². The Bertz CT molecular complexity index is 1470. The number of rotatable bonds is 13. The van der Waals surface area contributed by atoms with Gasteiger partial charge in [0.15, 0.2) is 5.82 Å². The molecule has 1 atom stereocenters. The van der Waals surface area contributed by atoms with Gasteiger partial charge in [-0.05, 0) is 69.9 Å². The Morgan fingerprint density at radius 1 is 1.09 bits per heavy atom. The van der Waals surface area contributed by atoms with E-state index in [1.807, 2.05) is 43.3 Å². The zero-order valence-electron chi connectivity index (χ0n) is 25.1. The van der Waals surface area contributed by atoms with Gasteiger partial charge in [0.2, 0.25) is 17.8 Å². The number of hydrogen-bond donors (Lipinski definition) is 3. The molecule has 226 valence electrons. The van der Waals surface area contributed by atoms with E-state index in [0.29, 0.717) is 43.0 Å². The number of carbonyl (C=O) groups is 2. The second kappa shape index (κ2) is 16.5. The van der Waals surface area contributed by atoms with Crippen molar-refractivity contribution in [3.05, 3.63) is 78.3 Å². The summed E-state index contributed by atoms with van der Waals surface area (Å²) < 4.78 is 18.9. The van der Waals surface area contributed by atoms with Crippen molar-refractivity contribution in [2.75, 3.05) is 52.0 Å². The van der Waals surface area contributed by atoms with Crippen LogP contribution in [0.25, 0.3) is 0 Å². The van der Waals surface area contributed by atoms with E-state index in [1.54, 1.807) is 45.5 Å². The minimum absolute atomic E-state index is 0.228. The lowest BCUT2D eigenvalue weighted by Gasteiger charge is -2.23. The van der Waals surface area contributed by atoms with E-state index < -0.39 is 6.04 Å². The molecular weight excluding hydrogens is 549 g/mol. The molecular formula is C32H38FN7O3. The molecule has 0 saturated heterocycles. The number of halogens is 1. The van der Waals surface area contributed by atoms with Gasteiger partial charge in [-0.1, -0.05) is 24.0 Å². The highest BCUT2D eigenvalue weighted by atomic mass is 19.1. The maximum absolute atomic E-state index is 13.6. The lowest BCUT2D eigenvalue weighted by molar-refractivity contribution is -0.135. The molecule has 0 bridgehead atoms. The second-order valence-corrected chi connectivity index (χ2v) is 9.93. The summed E-state index contributed by atoms with van der Waals surface area (Å²) in [5.41, 5.74) is 1.86. The number of methoxy groups -OCH3 is 1. The SMILES string of the molecule is COc1ccc(Nc2nc(Nc3cccc(F)c3)ncc2C#CCCCNC(=O)C(C)N(C)C(=O)C=CCN(C)C)cc1. The molecule has 0 radical (unpaired) electrons. The third-order valence-corrected chi connectivity index (χ3v) is 6.26. The van der Waals surface area contributed by atoms with Crippen LogP contribution >= 0.6 is 0 Å². The van der Waals surface area contributed by atoms with Crippen LogP contribution in [0.3, 0.4) is 0 Å². The number of nitrogens with zero attached hydrogens (tertiary/aromatic N) is 4. The summed E-state index contributed by atoms with van der Waals surface area (Å²) in [6, 6.07) is 12.8. The van der Waals surface area contributed by atoms with Gasteiger partial charge >= 0.3 is 0 Å². The van der Waals surface area contributed by atoms with Gasteiger partial charge in [0.05, 0.1) is 18.9 Å². The smallest absolute Gasteiger partial charge is 0.246 e. The molecule has 3 aromatic rings. The van der Waals surface area contributed by atoms with Crippen LogP contribution in [-0.2, 0) is 9.59 Å². The number of amides is 2. The molecule has 0 fully saturated rings. The summed E-state index contributed by atoms with van der Waals surface area (Å²) in [5, 5.41) is 9.13.